The zero-order chi connectivity index (χ0) is 4.41. The molecule has 0 atom stereocenters. The summed E-state index contributed by atoms with van der Waals surface area (Å²) in [5, 5.41) is 0. The van der Waals surface area contributed by atoms with E-state index in [4.69, 9.17) is 7.98 Å². The minimum absolute atomic E-state index is 1.33. The van der Waals surface area contributed by atoms with Crippen LogP contribution in [0, 0.1) is 0 Å². The highest BCUT2D eigenvalue weighted by Crippen LogP contribution is 1.68. The highest BCUT2D eigenvalue weighted by molar-refractivity contribution is 5.94. The summed E-state index contributed by atoms with van der Waals surface area (Å²) >= 11 is 0. The van der Waals surface area contributed by atoms with Gasteiger partial charge in [-0.25, -0.2) is 0 Å². The molecule has 6 heavy (non-hydrogen) atoms. The fourth-order valence-corrected chi connectivity index (χ4v) is 0.246. The molecule has 3 heteroatoms. The van der Waals surface area contributed by atoms with Crippen molar-refractivity contribution in [2.24, 2.45) is 0 Å². The summed E-state index contributed by atoms with van der Waals surface area (Å²) in [6, 6.07) is 0. The van der Waals surface area contributed by atoms with Crippen LogP contribution in [0.5, 0.6) is 0 Å². The molecule has 0 saturated heterocycles. The summed E-state index contributed by atoms with van der Waals surface area (Å²) in [4.78, 5) is 0. The average molecular weight is 79.9 g/mol. The molecule has 0 amide bonds. The first-order chi connectivity index (χ1) is 2.89. The summed E-state index contributed by atoms with van der Waals surface area (Å²) in [6.45, 7) is 0. The first kappa shape index (κ1) is 3.46. The Morgan fingerprint density at radius 2 is 2.50 bits per heavy atom. The molecule has 1 heterocycles. The highest BCUT2D eigenvalue weighted by atomic mass is 16.3. The van der Waals surface area contributed by atoms with Crippen LogP contribution < -0.4 is 4.48 Å². The molecule has 0 aliphatic rings. The largest absolute Gasteiger partial charge is 0.482 e. The van der Waals surface area contributed by atoms with E-state index in [1.54, 1.807) is 6.20 Å². The normalized spacial score (nSPS) is 8.83. The van der Waals surface area contributed by atoms with Crippen molar-refractivity contribution in [3.63, 3.8) is 0 Å². The lowest BCUT2D eigenvalue weighted by Crippen LogP contribution is -2.26. The van der Waals surface area contributed by atoms with Crippen molar-refractivity contribution >= 4 is 7.98 Å². The summed E-state index contributed by atoms with van der Waals surface area (Å²) in [5.74, 6) is 0. The van der Waals surface area contributed by atoms with Gasteiger partial charge in [-0.2, -0.15) is 0 Å². The molecular formula is C3H3BNO. The standard InChI is InChI=1S/C3H3BNO/c4-5-1-2-6-3-5/h1-3H. The van der Waals surface area contributed by atoms with Crippen molar-refractivity contribution < 1.29 is 8.90 Å². The summed E-state index contributed by atoms with van der Waals surface area (Å²) in [6.07, 6.45) is 4.51. The van der Waals surface area contributed by atoms with Crippen molar-refractivity contribution in [2.45, 2.75) is 0 Å². The molecule has 1 aromatic heterocycles. The minimum atomic E-state index is 1.33. The molecule has 0 aliphatic heterocycles. The van der Waals surface area contributed by atoms with E-state index in [2.05, 4.69) is 4.42 Å². The van der Waals surface area contributed by atoms with Crippen molar-refractivity contribution in [1.82, 2.24) is 0 Å². The number of oxazole rings is 1. The number of rotatable bonds is 0. The molecule has 0 aliphatic carbocycles. The molecule has 0 N–H and O–H groups in total. The van der Waals surface area contributed by atoms with E-state index in [0.29, 0.717) is 0 Å². The summed E-state index contributed by atoms with van der Waals surface area (Å²) in [5.41, 5.74) is 0. The van der Waals surface area contributed by atoms with Gasteiger partial charge in [-0.15, -0.1) is 7.98 Å². The second kappa shape index (κ2) is 1.16. The van der Waals surface area contributed by atoms with Crippen LogP contribution in [-0.4, -0.2) is 7.98 Å². The van der Waals surface area contributed by atoms with Crippen LogP contribution in [0.15, 0.2) is 23.3 Å². The maximum absolute atomic E-state index is 5.10. The van der Waals surface area contributed by atoms with Crippen LogP contribution in [-0.2, 0) is 0 Å². The number of aromatic nitrogens is 1. The second-order valence-electron chi connectivity index (χ2n) is 0.974. The van der Waals surface area contributed by atoms with Gasteiger partial charge in [-0.3, -0.25) is 0 Å². The molecule has 0 aromatic carbocycles. The molecule has 1 rings (SSSR count). The Hall–Kier alpha value is -0.725. The lowest BCUT2D eigenvalue weighted by atomic mass is 10.4. The molecule has 0 unspecified atom stereocenters. The molecule has 3 radical (unpaired) electrons. The average Bonchev–Trinajstić information content (AvgIpc) is 1.86. The van der Waals surface area contributed by atoms with Gasteiger partial charge in [0.15, 0.2) is 6.26 Å². The van der Waals surface area contributed by atoms with Crippen molar-refractivity contribution in [3.05, 3.63) is 18.9 Å². The predicted molar refractivity (Wildman–Crippen MR) is 20.1 cm³/mol. The van der Waals surface area contributed by atoms with Gasteiger partial charge in [0.1, 0.15) is 6.20 Å². The van der Waals surface area contributed by atoms with Gasteiger partial charge < -0.3 is 8.90 Å². The zero-order valence-corrected chi connectivity index (χ0v) is 3.16. The predicted octanol–water partition coefficient (Wildman–Crippen LogP) is -0.501. The number of hydrogen-bond donors (Lipinski definition) is 0. The Labute approximate surface area is 36.8 Å². The summed E-state index contributed by atoms with van der Waals surface area (Å²) < 4.78 is 5.89. The topological polar surface area (TPSA) is 17.0 Å². The van der Waals surface area contributed by atoms with Gasteiger partial charge in [-0.1, -0.05) is 0 Å². The third-order valence-electron chi connectivity index (χ3n) is 0.494. The molecule has 1 aromatic rings. The Morgan fingerprint density at radius 3 is 2.67 bits per heavy atom. The monoisotopic (exact) mass is 80.0 g/mol. The van der Waals surface area contributed by atoms with E-state index in [9.17, 15) is 0 Å². The molecule has 0 bridgehead atoms. The fraction of sp³-hybridized carbons (Fsp3) is 0. The molecule has 0 fully saturated rings. The smallest absolute Gasteiger partial charge is 0.272 e. The Morgan fingerprint density at radius 1 is 1.67 bits per heavy atom. The van der Waals surface area contributed by atoms with E-state index >= 15 is 0 Å². The Balaban J connectivity index is 3.05. The second-order valence-corrected chi connectivity index (χ2v) is 0.974. The lowest BCUT2D eigenvalue weighted by molar-refractivity contribution is -0.525. The number of hydrogen-bond acceptors (Lipinski definition) is 1. The van der Waals surface area contributed by atoms with Gasteiger partial charge in [0.25, 0.3) is 6.39 Å². The molecule has 0 saturated carbocycles. The summed E-state index contributed by atoms with van der Waals surface area (Å²) in [7, 11) is 5.10. The first-order valence-corrected chi connectivity index (χ1v) is 1.58. The molecule has 29 valence electrons. The first-order valence-electron chi connectivity index (χ1n) is 1.58. The lowest BCUT2D eigenvalue weighted by Gasteiger charge is -1.82. The SMILES string of the molecule is [B-][n+]1ccoc1. The Kier molecular flexibility index (Phi) is 0.672. The van der Waals surface area contributed by atoms with Crippen LogP contribution in [0.1, 0.15) is 0 Å². The van der Waals surface area contributed by atoms with Gasteiger partial charge in [0.05, 0.1) is 0 Å². The van der Waals surface area contributed by atoms with Crippen LogP contribution in [0.3, 0.4) is 0 Å². The van der Waals surface area contributed by atoms with Crippen LogP contribution in [0.2, 0.25) is 0 Å². The van der Waals surface area contributed by atoms with Crippen LogP contribution in [0.25, 0.3) is 0 Å². The molecular weight excluding hydrogens is 76.9 g/mol. The van der Waals surface area contributed by atoms with Gasteiger partial charge in [0, 0.05) is 0 Å². The zero-order valence-electron chi connectivity index (χ0n) is 3.16. The molecule has 2 nitrogen and oxygen atoms in total. The van der Waals surface area contributed by atoms with E-state index in [-0.39, 0.29) is 0 Å². The van der Waals surface area contributed by atoms with Gasteiger partial charge in [0.2, 0.25) is 0 Å². The third-order valence-corrected chi connectivity index (χ3v) is 0.494. The van der Waals surface area contributed by atoms with Crippen LogP contribution in [0.4, 0.5) is 0 Å². The van der Waals surface area contributed by atoms with Crippen molar-refractivity contribution in [1.29, 1.82) is 0 Å². The maximum Gasteiger partial charge on any atom is 0.272 e. The third kappa shape index (κ3) is 0.430. The quantitative estimate of drug-likeness (QED) is 0.384. The van der Waals surface area contributed by atoms with E-state index in [0.717, 1.165) is 0 Å². The van der Waals surface area contributed by atoms with E-state index in [1.165, 1.54) is 17.1 Å². The fourth-order valence-electron chi connectivity index (χ4n) is 0.246. The minimum Gasteiger partial charge on any atom is -0.482 e. The van der Waals surface area contributed by atoms with Gasteiger partial charge >= 0.3 is 0 Å². The Bertz CT molecular complexity index is 114. The maximum atomic E-state index is 5.10. The van der Waals surface area contributed by atoms with E-state index in [1.807, 2.05) is 0 Å². The van der Waals surface area contributed by atoms with Crippen LogP contribution >= 0.6 is 0 Å². The van der Waals surface area contributed by atoms with Gasteiger partial charge in [-0.05, 0) is 0 Å². The molecule has 0 spiro atoms. The van der Waals surface area contributed by atoms with Crippen molar-refractivity contribution in [3.8, 4) is 0 Å². The number of nitrogens with zero attached hydrogens (tertiary/aromatic N) is 1. The van der Waals surface area contributed by atoms with E-state index < -0.39 is 0 Å². The van der Waals surface area contributed by atoms with Crippen molar-refractivity contribution in [2.75, 3.05) is 0 Å². The highest BCUT2D eigenvalue weighted by Gasteiger charge is 1.71.